The molecule has 0 saturated carbocycles. The number of Topliss-reactive ketones (excluding diaryl/α,β-unsaturated/α-hetero) is 1. The molecule has 0 atom stereocenters. The van der Waals surface area contributed by atoms with Crippen molar-refractivity contribution in [3.63, 3.8) is 0 Å². The number of nitrogens with zero attached hydrogens (tertiary/aromatic N) is 1. The molecule has 0 aliphatic carbocycles. The number of carbonyl (C=O) groups is 2. The Morgan fingerprint density at radius 3 is 2.43 bits per heavy atom. The maximum atomic E-state index is 12.3. The van der Waals surface area contributed by atoms with Crippen LogP contribution in [0, 0.1) is 6.92 Å². The predicted octanol–water partition coefficient (Wildman–Crippen LogP) is 2.73. The maximum Gasteiger partial charge on any atom is 0.299 e. The molecule has 1 amide bonds. The number of ether oxygens (including phenoxy) is 1. The van der Waals surface area contributed by atoms with Crippen molar-refractivity contribution in [3.05, 3.63) is 59.2 Å². The minimum Gasteiger partial charge on any atom is -0.495 e. The van der Waals surface area contributed by atoms with Gasteiger partial charge in [-0.15, -0.1) is 0 Å². The van der Waals surface area contributed by atoms with E-state index in [1.807, 2.05) is 37.3 Å². The summed E-state index contributed by atoms with van der Waals surface area (Å²) in [7, 11) is 1.54. The minimum absolute atomic E-state index is 0.359. The van der Waals surface area contributed by atoms with Crippen molar-refractivity contribution in [2.75, 3.05) is 12.0 Å². The van der Waals surface area contributed by atoms with Gasteiger partial charge in [-0.05, 0) is 24.1 Å². The van der Waals surface area contributed by atoms with E-state index >= 15 is 0 Å². The predicted molar refractivity (Wildman–Crippen MR) is 79.7 cm³/mol. The summed E-state index contributed by atoms with van der Waals surface area (Å²) in [6, 6.07) is 13.2. The fraction of sp³-hybridized carbons (Fsp3) is 0.176. The lowest BCUT2D eigenvalue weighted by molar-refractivity contribution is -0.114. The highest BCUT2D eigenvalue weighted by molar-refractivity contribution is 6.52. The van der Waals surface area contributed by atoms with Gasteiger partial charge < -0.3 is 4.74 Å². The number of anilines is 1. The Balaban J connectivity index is 2.11. The Morgan fingerprint density at radius 2 is 1.76 bits per heavy atom. The summed E-state index contributed by atoms with van der Waals surface area (Å²) in [4.78, 5) is 26.0. The van der Waals surface area contributed by atoms with Gasteiger partial charge in [0.2, 0.25) is 0 Å². The monoisotopic (exact) mass is 281 g/mol. The zero-order valence-electron chi connectivity index (χ0n) is 11.9. The molecular formula is C17H15NO3. The standard InChI is InChI=1S/C17H15NO3/c1-11-8-9-13(21-2)15-14(11)16(19)17(20)18(15)10-12-6-4-3-5-7-12/h3-9H,10H2,1-2H3. The van der Waals surface area contributed by atoms with Crippen LogP contribution in [-0.4, -0.2) is 18.8 Å². The zero-order chi connectivity index (χ0) is 15.0. The molecule has 0 unspecified atom stereocenters. The highest BCUT2D eigenvalue weighted by Gasteiger charge is 2.39. The Kier molecular flexibility index (Phi) is 3.22. The van der Waals surface area contributed by atoms with E-state index < -0.39 is 11.7 Å². The lowest BCUT2D eigenvalue weighted by Crippen LogP contribution is -2.29. The van der Waals surface area contributed by atoms with Gasteiger partial charge in [-0.3, -0.25) is 14.5 Å². The summed E-state index contributed by atoms with van der Waals surface area (Å²) in [5.74, 6) is -0.412. The van der Waals surface area contributed by atoms with E-state index in [1.165, 1.54) is 4.90 Å². The maximum absolute atomic E-state index is 12.3. The van der Waals surface area contributed by atoms with E-state index in [2.05, 4.69) is 0 Å². The van der Waals surface area contributed by atoms with Crippen LogP contribution in [0.2, 0.25) is 0 Å². The fourth-order valence-corrected chi connectivity index (χ4v) is 2.64. The van der Waals surface area contributed by atoms with E-state index in [4.69, 9.17) is 4.74 Å². The van der Waals surface area contributed by atoms with Crippen molar-refractivity contribution in [3.8, 4) is 5.75 Å². The molecule has 0 aromatic heterocycles. The third-order valence-electron chi connectivity index (χ3n) is 3.69. The second-order valence-corrected chi connectivity index (χ2v) is 5.01. The molecule has 1 aliphatic rings. The first kappa shape index (κ1) is 13.4. The van der Waals surface area contributed by atoms with Gasteiger partial charge in [-0.2, -0.15) is 0 Å². The average Bonchev–Trinajstić information content (AvgIpc) is 2.75. The van der Waals surface area contributed by atoms with Gasteiger partial charge in [-0.1, -0.05) is 36.4 Å². The molecule has 0 radical (unpaired) electrons. The number of ketones is 1. The average molecular weight is 281 g/mol. The molecule has 106 valence electrons. The third-order valence-corrected chi connectivity index (χ3v) is 3.69. The van der Waals surface area contributed by atoms with E-state index in [-0.39, 0.29) is 0 Å². The van der Waals surface area contributed by atoms with E-state index in [0.717, 1.165) is 11.1 Å². The molecule has 21 heavy (non-hydrogen) atoms. The largest absolute Gasteiger partial charge is 0.495 e. The van der Waals surface area contributed by atoms with E-state index in [1.54, 1.807) is 19.2 Å². The van der Waals surface area contributed by atoms with Gasteiger partial charge in [0.25, 0.3) is 11.7 Å². The Labute approximate surface area is 123 Å². The smallest absolute Gasteiger partial charge is 0.299 e. The third kappa shape index (κ3) is 2.09. The van der Waals surface area contributed by atoms with Crippen LogP contribution >= 0.6 is 0 Å². The number of rotatable bonds is 3. The molecular weight excluding hydrogens is 266 g/mol. The SMILES string of the molecule is COc1ccc(C)c2c1N(Cc1ccccc1)C(=O)C2=O. The molecule has 4 heteroatoms. The quantitative estimate of drug-likeness (QED) is 0.813. The van der Waals surface area contributed by atoms with E-state index in [0.29, 0.717) is 23.5 Å². The molecule has 0 saturated heterocycles. The topological polar surface area (TPSA) is 46.6 Å². The Morgan fingerprint density at radius 1 is 1.05 bits per heavy atom. The highest BCUT2D eigenvalue weighted by atomic mass is 16.5. The molecule has 1 aliphatic heterocycles. The number of amides is 1. The number of hydrogen-bond donors (Lipinski definition) is 0. The van der Waals surface area contributed by atoms with Gasteiger partial charge in [0.05, 0.1) is 24.9 Å². The van der Waals surface area contributed by atoms with Crippen molar-refractivity contribution < 1.29 is 14.3 Å². The van der Waals surface area contributed by atoms with Gasteiger partial charge in [0.1, 0.15) is 5.75 Å². The summed E-state index contributed by atoms with van der Waals surface area (Å²) in [5.41, 5.74) is 2.79. The van der Waals surface area contributed by atoms with Crippen LogP contribution in [0.4, 0.5) is 5.69 Å². The van der Waals surface area contributed by atoms with Crippen LogP contribution in [0.25, 0.3) is 0 Å². The van der Waals surface area contributed by atoms with Crippen LogP contribution < -0.4 is 9.64 Å². The van der Waals surface area contributed by atoms with Gasteiger partial charge >= 0.3 is 0 Å². The highest BCUT2D eigenvalue weighted by Crippen LogP contribution is 2.40. The number of methoxy groups -OCH3 is 1. The van der Waals surface area contributed by atoms with Crippen molar-refractivity contribution in [2.45, 2.75) is 13.5 Å². The van der Waals surface area contributed by atoms with Crippen LogP contribution in [0.1, 0.15) is 21.5 Å². The van der Waals surface area contributed by atoms with Crippen molar-refractivity contribution in [1.29, 1.82) is 0 Å². The minimum atomic E-state index is -0.499. The summed E-state index contributed by atoms with van der Waals surface area (Å²) >= 11 is 0. The van der Waals surface area contributed by atoms with Crippen molar-refractivity contribution >= 4 is 17.4 Å². The Hall–Kier alpha value is -2.62. The number of hydrogen-bond acceptors (Lipinski definition) is 3. The normalized spacial score (nSPS) is 13.5. The van der Waals surface area contributed by atoms with Crippen LogP contribution in [0.5, 0.6) is 5.75 Å². The molecule has 0 fully saturated rings. The molecule has 0 bridgehead atoms. The molecule has 2 aromatic rings. The summed E-state index contributed by atoms with van der Waals surface area (Å²) in [6.07, 6.45) is 0. The number of carbonyl (C=O) groups excluding carboxylic acids is 2. The van der Waals surface area contributed by atoms with Crippen LogP contribution in [-0.2, 0) is 11.3 Å². The van der Waals surface area contributed by atoms with Crippen molar-refractivity contribution in [1.82, 2.24) is 0 Å². The van der Waals surface area contributed by atoms with Gasteiger partial charge in [0, 0.05) is 0 Å². The van der Waals surface area contributed by atoms with Gasteiger partial charge in [-0.25, -0.2) is 0 Å². The zero-order valence-corrected chi connectivity index (χ0v) is 11.9. The number of aryl methyl sites for hydroxylation is 1. The molecule has 0 spiro atoms. The van der Waals surface area contributed by atoms with Crippen LogP contribution in [0.15, 0.2) is 42.5 Å². The lowest BCUT2D eigenvalue weighted by Gasteiger charge is -2.19. The first-order valence-corrected chi connectivity index (χ1v) is 6.71. The second kappa shape index (κ2) is 5.05. The molecule has 1 heterocycles. The number of fused-ring (bicyclic) bond motifs is 1. The molecule has 0 N–H and O–H groups in total. The number of benzene rings is 2. The summed E-state index contributed by atoms with van der Waals surface area (Å²) in [6.45, 7) is 2.19. The molecule has 3 rings (SSSR count). The second-order valence-electron chi connectivity index (χ2n) is 5.01. The summed E-state index contributed by atoms with van der Waals surface area (Å²) in [5, 5.41) is 0. The molecule has 4 nitrogen and oxygen atoms in total. The first-order chi connectivity index (χ1) is 10.1. The van der Waals surface area contributed by atoms with Crippen molar-refractivity contribution in [2.24, 2.45) is 0 Å². The fourth-order valence-electron chi connectivity index (χ4n) is 2.64. The lowest BCUT2D eigenvalue weighted by atomic mass is 10.0. The van der Waals surface area contributed by atoms with E-state index in [9.17, 15) is 9.59 Å². The Bertz CT molecular complexity index is 722. The molecule has 2 aromatic carbocycles. The first-order valence-electron chi connectivity index (χ1n) is 6.71. The summed E-state index contributed by atoms with van der Waals surface area (Å²) < 4.78 is 5.33. The van der Waals surface area contributed by atoms with Crippen LogP contribution in [0.3, 0.4) is 0 Å². The van der Waals surface area contributed by atoms with Gasteiger partial charge in [0.15, 0.2) is 0 Å².